The number of hydrogen-bond acceptors (Lipinski definition) is 3. The SMILES string of the molecule is CC1(C)[C@H](O)CC[C@@]2(C)[C@@H]1CC[C@]1(C)[C@H]2C(=O)C=C2[C@@H]3C[C@@](C)(C(=O)O)CC[C@]3(C)CC[C@]21C. The van der Waals surface area contributed by atoms with E-state index in [4.69, 9.17) is 0 Å². The van der Waals surface area contributed by atoms with E-state index >= 15 is 0 Å². The molecule has 4 fully saturated rings. The Balaban J connectivity index is 1.62. The molecule has 0 unspecified atom stereocenters. The molecule has 0 bridgehead atoms. The number of hydrogen-bond donors (Lipinski definition) is 2. The Morgan fingerprint density at radius 1 is 0.912 bits per heavy atom. The molecule has 5 aliphatic rings. The van der Waals surface area contributed by atoms with Crippen LogP contribution in [0.5, 0.6) is 0 Å². The summed E-state index contributed by atoms with van der Waals surface area (Å²) in [6.07, 6.45) is 9.95. The maximum Gasteiger partial charge on any atom is 0.309 e. The van der Waals surface area contributed by atoms with Crippen molar-refractivity contribution in [2.45, 2.75) is 112 Å². The molecule has 5 rings (SSSR count). The van der Waals surface area contributed by atoms with Gasteiger partial charge in [0.1, 0.15) is 0 Å². The summed E-state index contributed by atoms with van der Waals surface area (Å²) in [5.41, 5.74) is 0.142. The Labute approximate surface area is 206 Å². The summed E-state index contributed by atoms with van der Waals surface area (Å²) in [5.74, 6) is 0.0603. The number of carbonyl (C=O) groups is 2. The smallest absolute Gasteiger partial charge is 0.309 e. The fourth-order valence-electron chi connectivity index (χ4n) is 10.4. The molecule has 0 aliphatic heterocycles. The number of rotatable bonds is 1. The summed E-state index contributed by atoms with van der Waals surface area (Å²) in [4.78, 5) is 26.4. The monoisotopic (exact) mass is 470 g/mol. The van der Waals surface area contributed by atoms with Crippen molar-refractivity contribution in [1.29, 1.82) is 0 Å². The van der Waals surface area contributed by atoms with Gasteiger partial charge in [0.05, 0.1) is 11.5 Å². The zero-order valence-electron chi connectivity index (χ0n) is 22.5. The Kier molecular flexibility index (Phi) is 5.04. The Morgan fingerprint density at radius 2 is 1.56 bits per heavy atom. The number of aliphatic carboxylic acids is 1. The maximum atomic E-state index is 14.2. The average Bonchev–Trinajstić information content (AvgIpc) is 2.73. The van der Waals surface area contributed by atoms with Crippen LogP contribution in [0.15, 0.2) is 11.6 Å². The van der Waals surface area contributed by atoms with E-state index < -0.39 is 11.4 Å². The molecular weight excluding hydrogens is 424 g/mol. The molecule has 0 aromatic rings. The number of aliphatic hydroxyl groups excluding tert-OH is 1. The highest BCUT2D eigenvalue weighted by atomic mass is 16.4. The summed E-state index contributed by atoms with van der Waals surface area (Å²) in [6, 6.07) is 0. The summed E-state index contributed by atoms with van der Waals surface area (Å²) < 4.78 is 0. The van der Waals surface area contributed by atoms with E-state index in [0.29, 0.717) is 12.3 Å². The first-order chi connectivity index (χ1) is 15.6. The first kappa shape index (κ1) is 24.5. The lowest BCUT2D eigenvalue weighted by Gasteiger charge is -2.70. The van der Waals surface area contributed by atoms with Crippen LogP contribution in [-0.2, 0) is 9.59 Å². The lowest BCUT2D eigenvalue weighted by Crippen LogP contribution is -2.66. The Morgan fingerprint density at radius 3 is 2.21 bits per heavy atom. The van der Waals surface area contributed by atoms with Gasteiger partial charge in [-0.2, -0.15) is 0 Å². The molecule has 190 valence electrons. The van der Waals surface area contributed by atoms with E-state index in [1.165, 1.54) is 5.57 Å². The highest BCUT2D eigenvalue weighted by molar-refractivity contribution is 5.95. The molecule has 9 atom stereocenters. The molecule has 5 aliphatic carbocycles. The predicted molar refractivity (Wildman–Crippen MR) is 133 cm³/mol. The van der Waals surface area contributed by atoms with Gasteiger partial charge in [0.15, 0.2) is 5.78 Å². The van der Waals surface area contributed by atoms with E-state index in [2.05, 4.69) is 41.5 Å². The normalized spacial score (nSPS) is 54.1. The molecule has 0 amide bonds. The highest BCUT2D eigenvalue weighted by Gasteiger charge is 2.70. The van der Waals surface area contributed by atoms with Crippen molar-refractivity contribution in [2.75, 3.05) is 0 Å². The molecule has 0 spiro atoms. The van der Waals surface area contributed by atoms with Crippen LogP contribution in [0.2, 0.25) is 0 Å². The van der Waals surface area contributed by atoms with Crippen molar-refractivity contribution in [3.8, 4) is 0 Å². The maximum absolute atomic E-state index is 14.2. The Bertz CT molecular complexity index is 965. The van der Waals surface area contributed by atoms with Gasteiger partial charge in [-0.1, -0.05) is 47.1 Å². The van der Waals surface area contributed by atoms with Gasteiger partial charge in [-0.05, 0) is 110 Å². The zero-order valence-corrected chi connectivity index (χ0v) is 22.5. The second-order valence-corrected chi connectivity index (χ2v) is 14.9. The number of fused-ring (bicyclic) bond motifs is 7. The number of carbonyl (C=O) groups excluding carboxylic acids is 1. The van der Waals surface area contributed by atoms with Crippen molar-refractivity contribution in [2.24, 2.45) is 50.2 Å². The lowest BCUT2D eigenvalue weighted by atomic mass is 9.33. The minimum atomic E-state index is -0.711. The van der Waals surface area contributed by atoms with E-state index in [1.807, 2.05) is 13.0 Å². The molecule has 0 saturated heterocycles. The topological polar surface area (TPSA) is 74.6 Å². The first-order valence-corrected chi connectivity index (χ1v) is 13.7. The van der Waals surface area contributed by atoms with Gasteiger partial charge < -0.3 is 10.2 Å². The molecule has 2 N–H and O–H groups in total. The van der Waals surface area contributed by atoms with Crippen LogP contribution in [0.4, 0.5) is 0 Å². The van der Waals surface area contributed by atoms with Crippen molar-refractivity contribution in [1.82, 2.24) is 0 Å². The standard InChI is InChI=1S/C30H46O4/c1-25(2)21-8-11-30(7)23(28(21,5)10-9-22(25)32)20(31)16-18-19-17-27(4,24(33)34)13-12-26(19,3)14-15-29(18,30)6/h16,19,21-23,32H,8-15,17H2,1-7H3,(H,33,34)/t19-,21+,22+,23-,26+,27-,28-,29+,30+/m0/s1. The number of allylic oxidation sites excluding steroid dienone is 2. The number of aliphatic hydroxyl groups is 1. The fourth-order valence-corrected chi connectivity index (χ4v) is 10.4. The van der Waals surface area contributed by atoms with Crippen LogP contribution >= 0.6 is 0 Å². The minimum absolute atomic E-state index is 0.0296. The van der Waals surface area contributed by atoms with Crippen molar-refractivity contribution in [3.05, 3.63) is 11.6 Å². The third kappa shape index (κ3) is 2.81. The van der Waals surface area contributed by atoms with Crippen molar-refractivity contribution >= 4 is 11.8 Å². The van der Waals surface area contributed by atoms with Gasteiger partial charge in [-0.25, -0.2) is 0 Å². The van der Waals surface area contributed by atoms with Gasteiger partial charge in [-0.15, -0.1) is 0 Å². The zero-order chi connectivity index (χ0) is 25.1. The van der Waals surface area contributed by atoms with Gasteiger partial charge in [0.2, 0.25) is 0 Å². The Hall–Kier alpha value is -1.16. The van der Waals surface area contributed by atoms with Crippen molar-refractivity contribution in [3.63, 3.8) is 0 Å². The second kappa shape index (κ2) is 6.99. The number of ketones is 1. The first-order valence-electron chi connectivity index (χ1n) is 13.7. The highest BCUT2D eigenvalue weighted by Crippen LogP contribution is 2.75. The van der Waals surface area contributed by atoms with E-state index in [1.54, 1.807) is 0 Å². The molecule has 4 nitrogen and oxygen atoms in total. The van der Waals surface area contributed by atoms with Gasteiger partial charge in [0.25, 0.3) is 0 Å². The lowest BCUT2D eigenvalue weighted by molar-refractivity contribution is -0.202. The predicted octanol–water partition coefficient (Wildman–Crippen LogP) is 6.41. The van der Waals surface area contributed by atoms with Crippen molar-refractivity contribution < 1.29 is 19.8 Å². The molecular formula is C30H46O4. The molecule has 4 heteroatoms. The molecule has 0 aromatic carbocycles. The fraction of sp³-hybridized carbons (Fsp3) is 0.867. The summed E-state index contributed by atoms with van der Waals surface area (Å²) in [6.45, 7) is 15.8. The molecule has 0 aromatic heterocycles. The van der Waals surface area contributed by atoms with Crippen LogP contribution in [0.3, 0.4) is 0 Å². The number of carboxylic acids is 1. The van der Waals surface area contributed by atoms with Gasteiger partial charge >= 0.3 is 5.97 Å². The number of carboxylic acid groups (broad SMARTS) is 1. The van der Waals surface area contributed by atoms with Gasteiger partial charge in [0, 0.05) is 5.92 Å². The molecule has 0 radical (unpaired) electrons. The molecule has 34 heavy (non-hydrogen) atoms. The third-order valence-electron chi connectivity index (χ3n) is 13.1. The minimum Gasteiger partial charge on any atom is -0.481 e. The molecule has 0 heterocycles. The molecule has 4 saturated carbocycles. The summed E-state index contributed by atoms with van der Waals surface area (Å²) >= 11 is 0. The second-order valence-electron chi connectivity index (χ2n) is 14.9. The van der Waals surface area contributed by atoms with E-state index in [9.17, 15) is 19.8 Å². The van der Waals surface area contributed by atoms with Gasteiger partial charge in [-0.3, -0.25) is 9.59 Å². The summed E-state index contributed by atoms with van der Waals surface area (Å²) in [5, 5.41) is 20.9. The van der Waals surface area contributed by atoms with Crippen LogP contribution in [0.25, 0.3) is 0 Å². The third-order valence-corrected chi connectivity index (χ3v) is 13.1. The van der Waals surface area contributed by atoms with Crippen LogP contribution in [0.1, 0.15) is 106 Å². The average molecular weight is 471 g/mol. The van der Waals surface area contributed by atoms with E-state index in [0.717, 1.165) is 51.4 Å². The van der Waals surface area contributed by atoms with E-state index in [-0.39, 0.29) is 50.8 Å². The largest absolute Gasteiger partial charge is 0.481 e. The summed E-state index contributed by atoms with van der Waals surface area (Å²) in [7, 11) is 0. The van der Waals surface area contributed by atoms with Crippen LogP contribution < -0.4 is 0 Å². The quantitative estimate of drug-likeness (QED) is 0.464. The van der Waals surface area contributed by atoms with Crippen LogP contribution in [0, 0.1) is 50.2 Å². The van der Waals surface area contributed by atoms with Crippen LogP contribution in [-0.4, -0.2) is 28.1 Å².